The van der Waals surface area contributed by atoms with Crippen molar-refractivity contribution in [2.45, 2.75) is 34.6 Å². The van der Waals surface area contributed by atoms with Crippen LogP contribution in [-0.4, -0.2) is 14.8 Å². The molecule has 0 atom stereocenters. The summed E-state index contributed by atoms with van der Waals surface area (Å²) in [6.07, 6.45) is 4.05. The molecule has 0 aliphatic carbocycles. The molecule has 0 saturated heterocycles. The lowest BCUT2D eigenvalue weighted by atomic mass is 10.1. The third-order valence-electron chi connectivity index (χ3n) is 4.26. The zero-order valence-corrected chi connectivity index (χ0v) is 15.1. The molecule has 3 rings (SSSR count). The Hall–Kier alpha value is -2.59. The predicted molar refractivity (Wildman–Crippen MR) is 96.2 cm³/mol. The zero-order chi connectivity index (χ0) is 17.6. The fraction of sp³-hybridized carbons (Fsp3) is 0.294. The number of allylic oxidation sites excluding steroid dienone is 4. The number of rotatable bonds is 2. The number of aromatic nitrogens is 1. The summed E-state index contributed by atoms with van der Waals surface area (Å²) in [7, 11) is 0. The van der Waals surface area contributed by atoms with E-state index in [-0.39, 0.29) is 5.91 Å². The molecule has 1 aromatic rings. The van der Waals surface area contributed by atoms with Crippen molar-refractivity contribution in [3.8, 4) is 6.07 Å². The van der Waals surface area contributed by atoms with Crippen LogP contribution in [0.3, 0.4) is 0 Å². The molecule has 3 heterocycles. The van der Waals surface area contributed by atoms with Crippen LogP contribution in [0.4, 0.5) is 5.82 Å². The minimum atomic E-state index is -0.198. The number of anilines is 1. The van der Waals surface area contributed by atoms with Gasteiger partial charge in [0, 0.05) is 24.5 Å². The summed E-state index contributed by atoms with van der Waals surface area (Å²) in [5.41, 5.74) is 6.48. The molecule has 1 aromatic heterocycles. The number of carbonyl (C=O) groups is 1. The van der Waals surface area contributed by atoms with E-state index in [0.717, 1.165) is 33.9 Å². The van der Waals surface area contributed by atoms with Gasteiger partial charge in [-0.15, -0.1) is 0 Å². The highest BCUT2D eigenvalue weighted by Crippen LogP contribution is 2.42. The summed E-state index contributed by atoms with van der Waals surface area (Å²) >= 11 is 1.50. The van der Waals surface area contributed by atoms with Gasteiger partial charge < -0.3 is 10.0 Å². The highest BCUT2D eigenvalue weighted by molar-refractivity contribution is 7.95. The van der Waals surface area contributed by atoms with Crippen LogP contribution in [0.1, 0.15) is 37.6 Å². The first kappa shape index (κ1) is 16.3. The van der Waals surface area contributed by atoms with E-state index in [9.17, 15) is 10.1 Å². The molecule has 0 fully saturated rings. The van der Waals surface area contributed by atoms with Crippen LogP contribution in [0.2, 0.25) is 0 Å². The Morgan fingerprint density at radius 2 is 2.04 bits per heavy atom. The molecule has 0 aromatic carbocycles. The first-order valence-corrected chi connectivity index (χ1v) is 8.36. The van der Waals surface area contributed by atoms with E-state index in [1.165, 1.54) is 19.1 Å². The van der Waals surface area contributed by atoms with Gasteiger partial charge in [0.05, 0.1) is 29.1 Å². The van der Waals surface area contributed by atoms with Crippen LogP contribution < -0.4 is 10.0 Å². The second-order valence-corrected chi connectivity index (χ2v) is 6.70. The van der Waals surface area contributed by atoms with Crippen molar-refractivity contribution in [3.05, 3.63) is 46.1 Å². The maximum absolute atomic E-state index is 11.7. The van der Waals surface area contributed by atoms with Crippen molar-refractivity contribution in [2.75, 3.05) is 5.32 Å². The summed E-state index contributed by atoms with van der Waals surface area (Å²) in [5, 5.41) is 12.4. The van der Waals surface area contributed by atoms with Crippen molar-refractivity contribution in [1.82, 2.24) is 13.6 Å². The largest absolute Gasteiger partial charge is 0.316 e. The number of amides is 1. The fourth-order valence-electron chi connectivity index (χ4n) is 3.11. The van der Waals surface area contributed by atoms with Gasteiger partial charge in [0.1, 0.15) is 11.9 Å². The normalized spacial score (nSPS) is 16.2. The van der Waals surface area contributed by atoms with E-state index in [1.54, 1.807) is 0 Å². The van der Waals surface area contributed by atoms with Gasteiger partial charge in [-0.25, -0.2) is 0 Å². The summed E-state index contributed by atoms with van der Waals surface area (Å²) in [4.78, 5) is 11.7. The Morgan fingerprint density at radius 3 is 2.67 bits per heavy atom. The topological polar surface area (TPSA) is 73.1 Å². The number of fused-ring (bicyclic) bond motifs is 1. The molecule has 0 spiro atoms. The van der Waals surface area contributed by atoms with Crippen LogP contribution in [0, 0.1) is 25.2 Å². The number of nitriles is 1. The standard InChI is InChI=1S/C17H19N5OS/c1-9-6-10(2)22-15(8-19-24-22)16(9)21-12(4)11(3)14(7-18)17(21)20-13(5)23/h6,8,19H,1-5H3,(H,20,23). The average Bonchev–Trinajstić information content (AvgIpc) is 3.06. The maximum Gasteiger partial charge on any atom is 0.222 e. The molecule has 0 unspecified atom stereocenters. The Bertz CT molecular complexity index is 882. The van der Waals surface area contributed by atoms with Gasteiger partial charge in [0.25, 0.3) is 0 Å². The Kier molecular flexibility index (Phi) is 3.93. The van der Waals surface area contributed by atoms with E-state index in [4.69, 9.17) is 0 Å². The monoisotopic (exact) mass is 341 g/mol. The molecule has 2 aliphatic heterocycles. The molecule has 6 nitrogen and oxygen atoms in total. The van der Waals surface area contributed by atoms with Crippen LogP contribution in [0.25, 0.3) is 5.70 Å². The first-order valence-electron chi connectivity index (χ1n) is 7.59. The van der Waals surface area contributed by atoms with Crippen LogP contribution in [0.15, 0.2) is 29.2 Å². The highest BCUT2D eigenvalue weighted by atomic mass is 32.2. The second kappa shape index (κ2) is 5.80. The zero-order valence-electron chi connectivity index (χ0n) is 14.3. The quantitative estimate of drug-likeness (QED) is 0.807. The highest BCUT2D eigenvalue weighted by Gasteiger charge is 2.31. The lowest BCUT2D eigenvalue weighted by Crippen LogP contribution is -2.21. The number of carbonyl (C=O) groups excluding carboxylic acids is 1. The minimum absolute atomic E-state index is 0.198. The predicted octanol–water partition coefficient (Wildman–Crippen LogP) is 3.39. The summed E-state index contributed by atoms with van der Waals surface area (Å²) in [6.45, 7) is 9.42. The average molecular weight is 341 g/mol. The molecule has 0 saturated carbocycles. The molecule has 24 heavy (non-hydrogen) atoms. The van der Waals surface area contributed by atoms with Gasteiger partial charge in [-0.3, -0.25) is 13.7 Å². The molecular weight excluding hydrogens is 322 g/mol. The minimum Gasteiger partial charge on any atom is -0.316 e. The number of nitrogens with one attached hydrogen (secondary N) is 2. The maximum atomic E-state index is 11.7. The first-order chi connectivity index (χ1) is 11.4. The summed E-state index contributed by atoms with van der Waals surface area (Å²) < 4.78 is 7.24. The molecule has 2 aliphatic rings. The third-order valence-corrected chi connectivity index (χ3v) is 5.15. The molecular formula is C17H19N5OS. The van der Waals surface area contributed by atoms with Crippen LogP contribution in [0.5, 0.6) is 0 Å². The molecule has 1 amide bonds. The summed E-state index contributed by atoms with van der Waals surface area (Å²) in [5.74, 6) is 0.329. The van der Waals surface area contributed by atoms with Crippen molar-refractivity contribution in [3.63, 3.8) is 0 Å². The lowest BCUT2D eigenvalue weighted by molar-refractivity contribution is -0.114. The SMILES string of the molecule is CC(=O)Nc1c(C#N)c(C)c(C)n1C1=C(C)C=C(C)N2SNC=C12. The van der Waals surface area contributed by atoms with Gasteiger partial charge in [-0.2, -0.15) is 5.26 Å². The molecule has 7 heteroatoms. The number of hydrogen-bond acceptors (Lipinski definition) is 5. The lowest BCUT2D eigenvalue weighted by Gasteiger charge is -2.29. The van der Waals surface area contributed by atoms with E-state index in [2.05, 4.69) is 33.4 Å². The van der Waals surface area contributed by atoms with Crippen LogP contribution in [-0.2, 0) is 4.79 Å². The van der Waals surface area contributed by atoms with Gasteiger partial charge in [-0.05, 0) is 44.9 Å². The van der Waals surface area contributed by atoms with E-state index < -0.39 is 0 Å². The smallest absolute Gasteiger partial charge is 0.222 e. The van der Waals surface area contributed by atoms with Gasteiger partial charge in [-0.1, -0.05) is 0 Å². The van der Waals surface area contributed by atoms with Gasteiger partial charge >= 0.3 is 0 Å². The summed E-state index contributed by atoms with van der Waals surface area (Å²) in [6, 6.07) is 2.23. The van der Waals surface area contributed by atoms with Gasteiger partial charge in [0.2, 0.25) is 5.91 Å². The van der Waals surface area contributed by atoms with Crippen molar-refractivity contribution in [2.24, 2.45) is 0 Å². The number of hydrogen-bond donors (Lipinski definition) is 2. The fourth-order valence-corrected chi connectivity index (χ4v) is 3.81. The third kappa shape index (κ3) is 2.31. The number of nitrogens with zero attached hydrogens (tertiary/aromatic N) is 3. The van der Waals surface area contributed by atoms with Gasteiger partial charge in [0.15, 0.2) is 0 Å². The van der Waals surface area contributed by atoms with E-state index in [1.807, 2.05) is 31.5 Å². The Morgan fingerprint density at radius 1 is 1.33 bits per heavy atom. The Labute approximate surface area is 145 Å². The molecule has 0 bridgehead atoms. The molecule has 2 N–H and O–H groups in total. The Balaban J connectivity index is 2.32. The van der Waals surface area contributed by atoms with E-state index >= 15 is 0 Å². The second-order valence-electron chi connectivity index (χ2n) is 5.91. The van der Waals surface area contributed by atoms with Crippen molar-refractivity contribution in [1.29, 1.82) is 5.26 Å². The molecule has 0 radical (unpaired) electrons. The van der Waals surface area contributed by atoms with Crippen molar-refractivity contribution < 1.29 is 4.79 Å². The van der Waals surface area contributed by atoms with Crippen LogP contribution >= 0.6 is 12.1 Å². The molecule has 124 valence electrons. The van der Waals surface area contributed by atoms with E-state index in [0.29, 0.717) is 11.4 Å². The van der Waals surface area contributed by atoms with Crippen molar-refractivity contribution >= 4 is 29.6 Å².